The Labute approximate surface area is 160 Å². The third kappa shape index (κ3) is 5.26. The van der Waals surface area contributed by atoms with Gasteiger partial charge in [-0.15, -0.1) is 0 Å². The van der Waals surface area contributed by atoms with E-state index >= 15 is 0 Å². The minimum absolute atomic E-state index is 0.0204. The number of ketones is 1. The molecule has 1 aliphatic carbocycles. The zero-order valence-corrected chi connectivity index (χ0v) is 16.4. The molecule has 0 saturated carbocycles. The SMILES string of the molecule is CCC=C(NOCC)C1=CC(O)C(c2ccc(C(OC)OC)cc2)CC1=O. The van der Waals surface area contributed by atoms with Crippen molar-refractivity contribution in [2.45, 2.75) is 45.0 Å². The summed E-state index contributed by atoms with van der Waals surface area (Å²) in [7, 11) is 3.16. The normalized spacial score (nSPS) is 20.7. The van der Waals surface area contributed by atoms with Crippen LogP contribution in [0.3, 0.4) is 0 Å². The van der Waals surface area contributed by atoms with Gasteiger partial charge in [-0.05, 0) is 25.0 Å². The van der Waals surface area contributed by atoms with Crippen molar-refractivity contribution < 1.29 is 24.2 Å². The van der Waals surface area contributed by atoms with Gasteiger partial charge < -0.3 is 14.6 Å². The number of allylic oxidation sites excluding steroid dienone is 2. The maximum absolute atomic E-state index is 12.7. The lowest BCUT2D eigenvalue weighted by Gasteiger charge is -2.27. The summed E-state index contributed by atoms with van der Waals surface area (Å²) in [5, 5.41) is 10.7. The van der Waals surface area contributed by atoms with Crippen molar-refractivity contribution in [1.82, 2.24) is 5.48 Å². The molecule has 2 N–H and O–H groups in total. The number of benzene rings is 1. The first-order valence-corrected chi connectivity index (χ1v) is 9.22. The highest BCUT2D eigenvalue weighted by Gasteiger charge is 2.31. The Morgan fingerprint density at radius 3 is 2.48 bits per heavy atom. The standard InChI is InChI=1S/C21H29NO5/c1-5-7-18(22-27-6-2)17-13-19(23)16(12-20(17)24)14-8-10-15(11-9-14)21(25-3)26-4/h7-11,13,16,19,21-23H,5-6,12H2,1-4H3. The molecule has 1 aromatic carbocycles. The van der Waals surface area contributed by atoms with Gasteiger partial charge >= 0.3 is 0 Å². The fourth-order valence-electron chi connectivity index (χ4n) is 3.19. The van der Waals surface area contributed by atoms with Crippen molar-refractivity contribution in [2.75, 3.05) is 20.8 Å². The molecule has 148 valence electrons. The highest BCUT2D eigenvalue weighted by atomic mass is 16.7. The first-order chi connectivity index (χ1) is 13.0. The van der Waals surface area contributed by atoms with Gasteiger partial charge in [0.25, 0.3) is 0 Å². The monoisotopic (exact) mass is 375 g/mol. The largest absolute Gasteiger partial charge is 0.388 e. The Bertz CT molecular complexity index is 676. The number of hydroxylamine groups is 1. The molecular weight excluding hydrogens is 346 g/mol. The maximum atomic E-state index is 12.7. The molecule has 0 aromatic heterocycles. The fourth-order valence-corrected chi connectivity index (χ4v) is 3.19. The van der Waals surface area contributed by atoms with Crippen LogP contribution in [0.1, 0.15) is 50.0 Å². The van der Waals surface area contributed by atoms with Crippen molar-refractivity contribution in [1.29, 1.82) is 0 Å². The molecule has 0 amide bonds. The summed E-state index contributed by atoms with van der Waals surface area (Å²) in [6.07, 6.45) is 3.30. The number of carbonyl (C=O) groups is 1. The Morgan fingerprint density at radius 2 is 1.93 bits per heavy atom. The van der Waals surface area contributed by atoms with Crippen LogP contribution < -0.4 is 5.48 Å². The van der Waals surface area contributed by atoms with Gasteiger partial charge in [0.1, 0.15) is 0 Å². The third-order valence-electron chi connectivity index (χ3n) is 4.55. The summed E-state index contributed by atoms with van der Waals surface area (Å²) < 4.78 is 10.5. The molecule has 27 heavy (non-hydrogen) atoms. The smallest absolute Gasteiger partial charge is 0.183 e. The summed E-state index contributed by atoms with van der Waals surface area (Å²) in [5.41, 5.74) is 5.68. The van der Waals surface area contributed by atoms with Gasteiger partial charge in [0.05, 0.1) is 18.4 Å². The lowest BCUT2D eigenvalue weighted by atomic mass is 9.80. The predicted octanol–water partition coefficient (Wildman–Crippen LogP) is 3.16. The number of hydrogen-bond donors (Lipinski definition) is 2. The van der Waals surface area contributed by atoms with E-state index in [9.17, 15) is 9.90 Å². The molecule has 2 atom stereocenters. The van der Waals surface area contributed by atoms with Crippen molar-refractivity contribution in [3.63, 3.8) is 0 Å². The van der Waals surface area contributed by atoms with Crippen LogP contribution in [-0.4, -0.2) is 37.8 Å². The number of nitrogens with one attached hydrogen (secondary N) is 1. The number of aliphatic hydroxyl groups is 1. The highest BCUT2D eigenvalue weighted by molar-refractivity contribution is 6.00. The summed E-state index contributed by atoms with van der Waals surface area (Å²) >= 11 is 0. The molecule has 2 rings (SSSR count). The molecule has 0 heterocycles. The number of hydrogen-bond acceptors (Lipinski definition) is 6. The third-order valence-corrected chi connectivity index (χ3v) is 4.55. The van der Waals surface area contributed by atoms with Crippen LogP contribution in [0.4, 0.5) is 0 Å². The average molecular weight is 375 g/mol. The molecule has 1 aliphatic rings. The van der Waals surface area contributed by atoms with Gasteiger partial charge in [-0.3, -0.25) is 15.1 Å². The lowest BCUT2D eigenvalue weighted by molar-refractivity contribution is -0.117. The second kappa shape index (κ2) is 10.4. The van der Waals surface area contributed by atoms with Gasteiger partial charge in [-0.1, -0.05) is 37.3 Å². The van der Waals surface area contributed by atoms with E-state index in [0.29, 0.717) is 17.9 Å². The van der Waals surface area contributed by atoms with Crippen molar-refractivity contribution in [3.8, 4) is 0 Å². The van der Waals surface area contributed by atoms with Gasteiger partial charge in [0.15, 0.2) is 12.1 Å². The number of aliphatic hydroxyl groups excluding tert-OH is 1. The fraction of sp³-hybridized carbons (Fsp3) is 0.476. The average Bonchev–Trinajstić information content (AvgIpc) is 2.68. The van der Waals surface area contributed by atoms with E-state index in [-0.39, 0.29) is 18.1 Å². The van der Waals surface area contributed by atoms with E-state index in [4.69, 9.17) is 14.3 Å². The maximum Gasteiger partial charge on any atom is 0.183 e. The number of Topliss-reactive ketones (excluding diaryl/α,β-unsaturated/α-hetero) is 1. The minimum atomic E-state index is -0.757. The molecular formula is C21H29NO5. The first-order valence-electron chi connectivity index (χ1n) is 9.22. The Kier molecular flexibility index (Phi) is 8.19. The van der Waals surface area contributed by atoms with Gasteiger partial charge in [-0.25, -0.2) is 0 Å². The van der Waals surface area contributed by atoms with E-state index in [1.54, 1.807) is 20.3 Å². The zero-order chi connectivity index (χ0) is 19.8. The van der Waals surface area contributed by atoms with Crippen LogP contribution in [-0.2, 0) is 19.1 Å². The highest BCUT2D eigenvalue weighted by Crippen LogP contribution is 2.33. The minimum Gasteiger partial charge on any atom is -0.388 e. The topological polar surface area (TPSA) is 77.0 Å². The molecule has 0 spiro atoms. The lowest BCUT2D eigenvalue weighted by Crippen LogP contribution is -2.30. The number of ether oxygens (including phenoxy) is 2. The van der Waals surface area contributed by atoms with Crippen LogP contribution in [0.5, 0.6) is 0 Å². The number of methoxy groups -OCH3 is 2. The molecule has 0 radical (unpaired) electrons. The zero-order valence-electron chi connectivity index (χ0n) is 16.4. The molecule has 2 unspecified atom stereocenters. The van der Waals surface area contributed by atoms with Crippen LogP contribution in [0.15, 0.2) is 47.7 Å². The Morgan fingerprint density at radius 1 is 1.26 bits per heavy atom. The van der Waals surface area contributed by atoms with Gasteiger partial charge in [0.2, 0.25) is 0 Å². The van der Waals surface area contributed by atoms with Crippen LogP contribution >= 0.6 is 0 Å². The second-order valence-electron chi connectivity index (χ2n) is 6.34. The Hall–Kier alpha value is -1.99. The van der Waals surface area contributed by atoms with E-state index < -0.39 is 12.4 Å². The van der Waals surface area contributed by atoms with E-state index in [1.165, 1.54) is 0 Å². The summed E-state index contributed by atoms with van der Waals surface area (Å²) in [6, 6.07) is 7.59. The molecule has 6 nitrogen and oxygen atoms in total. The van der Waals surface area contributed by atoms with Crippen LogP contribution in [0.25, 0.3) is 0 Å². The predicted molar refractivity (Wildman–Crippen MR) is 103 cm³/mol. The Balaban J connectivity index is 2.21. The number of carbonyl (C=O) groups excluding carboxylic acids is 1. The van der Waals surface area contributed by atoms with Gasteiger partial charge in [0, 0.05) is 37.7 Å². The van der Waals surface area contributed by atoms with E-state index in [1.807, 2.05) is 44.2 Å². The summed E-state index contributed by atoms with van der Waals surface area (Å²) in [6.45, 7) is 4.32. The first kappa shape index (κ1) is 21.3. The molecule has 0 aliphatic heterocycles. The molecule has 6 heteroatoms. The van der Waals surface area contributed by atoms with Crippen molar-refractivity contribution >= 4 is 5.78 Å². The van der Waals surface area contributed by atoms with Gasteiger partial charge in [-0.2, -0.15) is 0 Å². The summed E-state index contributed by atoms with van der Waals surface area (Å²) in [4.78, 5) is 18.0. The molecule has 0 fully saturated rings. The van der Waals surface area contributed by atoms with Crippen molar-refractivity contribution in [3.05, 3.63) is 58.8 Å². The van der Waals surface area contributed by atoms with Crippen LogP contribution in [0, 0.1) is 0 Å². The molecule has 0 bridgehead atoms. The van der Waals surface area contributed by atoms with E-state index in [2.05, 4.69) is 5.48 Å². The molecule has 0 saturated heterocycles. The number of rotatable bonds is 9. The van der Waals surface area contributed by atoms with E-state index in [0.717, 1.165) is 17.5 Å². The quantitative estimate of drug-likeness (QED) is 0.510. The second-order valence-corrected chi connectivity index (χ2v) is 6.34. The van der Waals surface area contributed by atoms with Crippen LogP contribution in [0.2, 0.25) is 0 Å². The van der Waals surface area contributed by atoms with Crippen molar-refractivity contribution in [2.24, 2.45) is 0 Å². The summed E-state index contributed by atoms with van der Waals surface area (Å²) in [5.74, 6) is -0.304. The molecule has 1 aromatic rings.